The summed E-state index contributed by atoms with van der Waals surface area (Å²) >= 11 is 1.60. The van der Waals surface area contributed by atoms with E-state index in [1.54, 1.807) is 36.4 Å². The van der Waals surface area contributed by atoms with E-state index in [9.17, 15) is 4.79 Å². The van der Waals surface area contributed by atoms with Crippen LogP contribution in [0.25, 0.3) is 0 Å². The van der Waals surface area contributed by atoms with E-state index in [1.807, 2.05) is 54.9 Å². The Bertz CT molecular complexity index is 918. The quantitative estimate of drug-likeness (QED) is 0.414. The molecule has 0 spiro atoms. The second-order valence-corrected chi connectivity index (χ2v) is 6.77. The summed E-state index contributed by atoms with van der Waals surface area (Å²) in [6.45, 7) is 2.01. The van der Waals surface area contributed by atoms with Gasteiger partial charge in [-0.25, -0.2) is 5.43 Å². The summed E-state index contributed by atoms with van der Waals surface area (Å²) < 4.78 is 1.87. The molecule has 3 aromatic rings. The van der Waals surface area contributed by atoms with Crippen LogP contribution < -0.4 is 5.43 Å². The SMILES string of the molecule is Cc1cccc(/C=N\NC(=O)c2ccc(CSc3nncn3C)cc2)c1. The highest BCUT2D eigenvalue weighted by atomic mass is 32.2. The number of hydrogen-bond acceptors (Lipinski definition) is 5. The largest absolute Gasteiger partial charge is 0.312 e. The molecule has 0 aliphatic carbocycles. The van der Waals surface area contributed by atoms with Crippen LogP contribution in [-0.4, -0.2) is 26.9 Å². The Kier molecular flexibility index (Phi) is 5.80. The van der Waals surface area contributed by atoms with E-state index < -0.39 is 0 Å². The van der Waals surface area contributed by atoms with E-state index in [2.05, 4.69) is 20.7 Å². The molecule has 0 saturated carbocycles. The zero-order valence-corrected chi connectivity index (χ0v) is 15.4. The Hall–Kier alpha value is -2.93. The second-order valence-electron chi connectivity index (χ2n) is 5.82. The van der Waals surface area contributed by atoms with Gasteiger partial charge in [-0.05, 0) is 30.2 Å². The van der Waals surface area contributed by atoms with E-state index in [1.165, 1.54) is 0 Å². The first-order chi connectivity index (χ1) is 12.6. The first-order valence-electron chi connectivity index (χ1n) is 8.07. The monoisotopic (exact) mass is 365 g/mol. The summed E-state index contributed by atoms with van der Waals surface area (Å²) in [4.78, 5) is 12.2. The number of carbonyl (C=O) groups is 1. The van der Waals surface area contributed by atoms with Crippen LogP contribution in [0.15, 0.2) is 65.1 Å². The normalized spacial score (nSPS) is 11.0. The molecule has 0 saturated heterocycles. The lowest BCUT2D eigenvalue weighted by Crippen LogP contribution is -2.17. The standard InChI is InChI=1S/C19H19N5OS/c1-14-4-3-5-16(10-14)11-20-22-18(25)17-8-6-15(7-9-17)12-26-19-23-21-13-24(19)2/h3-11,13H,12H2,1-2H3,(H,22,25)/b20-11-. The minimum atomic E-state index is -0.235. The molecule has 7 heteroatoms. The average Bonchev–Trinajstić information content (AvgIpc) is 3.05. The first-order valence-corrected chi connectivity index (χ1v) is 9.06. The topological polar surface area (TPSA) is 72.2 Å². The Morgan fingerprint density at radius 3 is 2.77 bits per heavy atom. The summed E-state index contributed by atoms with van der Waals surface area (Å²) in [6.07, 6.45) is 3.31. The van der Waals surface area contributed by atoms with Crippen molar-refractivity contribution in [3.63, 3.8) is 0 Å². The van der Waals surface area contributed by atoms with E-state index in [-0.39, 0.29) is 5.91 Å². The zero-order valence-electron chi connectivity index (χ0n) is 14.6. The molecule has 1 heterocycles. The average molecular weight is 365 g/mol. The van der Waals surface area contributed by atoms with Crippen LogP contribution >= 0.6 is 11.8 Å². The summed E-state index contributed by atoms with van der Waals surface area (Å²) in [5.74, 6) is 0.529. The maximum atomic E-state index is 12.2. The number of benzene rings is 2. The molecule has 0 atom stereocenters. The molecular formula is C19H19N5OS. The van der Waals surface area contributed by atoms with Gasteiger partial charge in [0.1, 0.15) is 6.33 Å². The number of thioether (sulfide) groups is 1. The Labute approximate surface area is 156 Å². The molecule has 26 heavy (non-hydrogen) atoms. The third kappa shape index (κ3) is 4.80. The van der Waals surface area contributed by atoms with Gasteiger partial charge in [0.2, 0.25) is 0 Å². The van der Waals surface area contributed by atoms with Crippen LogP contribution in [0.2, 0.25) is 0 Å². The molecule has 0 radical (unpaired) electrons. The fourth-order valence-electron chi connectivity index (χ4n) is 2.28. The molecule has 0 aliphatic heterocycles. The molecule has 0 bridgehead atoms. The minimum Gasteiger partial charge on any atom is -0.312 e. The van der Waals surface area contributed by atoms with Crippen molar-refractivity contribution in [2.24, 2.45) is 12.1 Å². The predicted molar refractivity (Wildman–Crippen MR) is 103 cm³/mol. The van der Waals surface area contributed by atoms with Gasteiger partial charge in [0.15, 0.2) is 5.16 Å². The van der Waals surface area contributed by atoms with E-state index in [0.29, 0.717) is 5.56 Å². The van der Waals surface area contributed by atoms with Gasteiger partial charge in [0, 0.05) is 18.4 Å². The van der Waals surface area contributed by atoms with Crippen molar-refractivity contribution < 1.29 is 4.79 Å². The number of hydrazone groups is 1. The number of carbonyl (C=O) groups excluding carboxylic acids is 1. The third-order valence-corrected chi connectivity index (χ3v) is 4.78. The van der Waals surface area contributed by atoms with Crippen molar-refractivity contribution in [1.29, 1.82) is 0 Å². The summed E-state index contributed by atoms with van der Waals surface area (Å²) in [7, 11) is 1.91. The van der Waals surface area contributed by atoms with Crippen LogP contribution in [0.5, 0.6) is 0 Å². The molecule has 6 nitrogen and oxygen atoms in total. The molecule has 1 amide bonds. The van der Waals surface area contributed by atoms with Gasteiger partial charge in [-0.15, -0.1) is 10.2 Å². The van der Waals surface area contributed by atoms with Crippen LogP contribution in [0, 0.1) is 6.92 Å². The third-order valence-electron chi connectivity index (χ3n) is 3.68. The van der Waals surface area contributed by atoms with Crippen LogP contribution in [0.3, 0.4) is 0 Å². The molecule has 0 aliphatic rings. The molecule has 0 fully saturated rings. The molecule has 0 unspecified atom stereocenters. The smallest absolute Gasteiger partial charge is 0.271 e. The summed E-state index contributed by atoms with van der Waals surface area (Å²) in [6, 6.07) is 15.4. The highest BCUT2D eigenvalue weighted by molar-refractivity contribution is 7.98. The number of aromatic nitrogens is 3. The molecular weight excluding hydrogens is 346 g/mol. The van der Waals surface area contributed by atoms with E-state index in [0.717, 1.165) is 27.6 Å². The number of rotatable bonds is 6. The molecule has 3 rings (SSSR count). The van der Waals surface area contributed by atoms with Crippen LogP contribution in [-0.2, 0) is 12.8 Å². The fourth-order valence-corrected chi connectivity index (χ4v) is 3.13. The van der Waals surface area contributed by atoms with Gasteiger partial charge in [-0.1, -0.05) is 53.7 Å². The van der Waals surface area contributed by atoms with Gasteiger partial charge in [-0.3, -0.25) is 4.79 Å². The van der Waals surface area contributed by atoms with Gasteiger partial charge in [-0.2, -0.15) is 5.10 Å². The Balaban J connectivity index is 1.54. The van der Waals surface area contributed by atoms with E-state index >= 15 is 0 Å². The number of amides is 1. The number of nitrogens with zero attached hydrogens (tertiary/aromatic N) is 4. The molecule has 1 aromatic heterocycles. The van der Waals surface area contributed by atoms with Gasteiger partial charge < -0.3 is 4.57 Å². The van der Waals surface area contributed by atoms with Gasteiger partial charge in [0.05, 0.1) is 6.21 Å². The van der Waals surface area contributed by atoms with Crippen molar-refractivity contribution in [3.05, 3.63) is 77.1 Å². The lowest BCUT2D eigenvalue weighted by atomic mass is 10.1. The van der Waals surface area contributed by atoms with Gasteiger partial charge >= 0.3 is 0 Å². The lowest BCUT2D eigenvalue weighted by Gasteiger charge is -2.03. The van der Waals surface area contributed by atoms with Crippen molar-refractivity contribution in [2.75, 3.05) is 0 Å². The van der Waals surface area contributed by atoms with Crippen molar-refractivity contribution in [3.8, 4) is 0 Å². The van der Waals surface area contributed by atoms with Crippen molar-refractivity contribution >= 4 is 23.9 Å². The van der Waals surface area contributed by atoms with E-state index in [4.69, 9.17) is 0 Å². The molecule has 1 N–H and O–H groups in total. The van der Waals surface area contributed by atoms with Crippen molar-refractivity contribution in [1.82, 2.24) is 20.2 Å². The maximum Gasteiger partial charge on any atom is 0.271 e. The first kappa shape index (κ1) is 17.9. The lowest BCUT2D eigenvalue weighted by molar-refractivity contribution is 0.0955. The maximum absolute atomic E-state index is 12.2. The number of hydrogen-bond donors (Lipinski definition) is 1. The summed E-state index contributed by atoms with van der Waals surface area (Å²) in [5.41, 5.74) is 6.32. The number of aryl methyl sites for hydroxylation is 2. The highest BCUT2D eigenvalue weighted by Crippen LogP contribution is 2.20. The highest BCUT2D eigenvalue weighted by Gasteiger charge is 2.06. The zero-order chi connectivity index (χ0) is 18.4. The Morgan fingerprint density at radius 2 is 2.08 bits per heavy atom. The fraction of sp³-hybridized carbons (Fsp3) is 0.158. The van der Waals surface area contributed by atoms with Crippen LogP contribution in [0.1, 0.15) is 27.0 Å². The van der Waals surface area contributed by atoms with Gasteiger partial charge in [0.25, 0.3) is 5.91 Å². The molecule has 132 valence electrons. The minimum absolute atomic E-state index is 0.235. The van der Waals surface area contributed by atoms with Crippen molar-refractivity contribution in [2.45, 2.75) is 17.8 Å². The number of nitrogens with one attached hydrogen (secondary N) is 1. The van der Waals surface area contributed by atoms with Crippen LogP contribution in [0.4, 0.5) is 0 Å². The second kappa shape index (κ2) is 8.44. The molecule has 2 aromatic carbocycles. The summed E-state index contributed by atoms with van der Waals surface area (Å²) in [5, 5.41) is 12.8. The Morgan fingerprint density at radius 1 is 1.27 bits per heavy atom. The predicted octanol–water partition coefficient (Wildman–Crippen LogP) is 3.18.